The first-order chi connectivity index (χ1) is 13.2. The number of aromatic nitrogens is 2. The molecule has 0 radical (unpaired) electrons. The van der Waals surface area contributed by atoms with Gasteiger partial charge in [0.05, 0.1) is 0 Å². The normalized spacial score (nSPS) is 10.7. The molecule has 0 fully saturated rings. The Bertz CT molecular complexity index is 853. The second-order valence-electron chi connectivity index (χ2n) is 5.92. The standard InChI is InChI=1S/C20H20FN3OS2/c21-17-10-8-16(9-11-17)18(25)7-4-14-26-20-24-23-19(27-20)22-13-12-15-5-2-1-3-6-15/h1-3,5-6,8-11H,4,7,12-14H2,(H,22,23). The van der Waals surface area contributed by atoms with Gasteiger partial charge in [0.25, 0.3) is 0 Å². The maximum Gasteiger partial charge on any atom is 0.206 e. The van der Waals surface area contributed by atoms with Crippen LogP contribution in [0.2, 0.25) is 0 Å². The van der Waals surface area contributed by atoms with Gasteiger partial charge in [0.2, 0.25) is 5.13 Å². The molecule has 0 bridgehead atoms. The highest BCUT2D eigenvalue weighted by atomic mass is 32.2. The summed E-state index contributed by atoms with van der Waals surface area (Å²) in [4.78, 5) is 12.0. The number of rotatable bonds is 10. The molecule has 3 aromatic rings. The lowest BCUT2D eigenvalue weighted by atomic mass is 10.1. The van der Waals surface area contributed by atoms with Crippen molar-refractivity contribution < 1.29 is 9.18 Å². The minimum absolute atomic E-state index is 0.0381. The van der Waals surface area contributed by atoms with Gasteiger partial charge in [0.1, 0.15) is 5.82 Å². The zero-order chi connectivity index (χ0) is 18.9. The quantitative estimate of drug-likeness (QED) is 0.291. The third-order valence-corrected chi connectivity index (χ3v) is 5.98. The molecule has 2 aromatic carbocycles. The number of nitrogens with zero attached hydrogens (tertiary/aromatic N) is 2. The second kappa shape index (κ2) is 10.2. The average Bonchev–Trinajstić information content (AvgIpc) is 3.14. The Morgan fingerprint density at radius 2 is 1.85 bits per heavy atom. The number of Topliss-reactive ketones (excluding diaryl/α,β-unsaturated/α-hetero) is 1. The molecule has 7 heteroatoms. The molecule has 0 spiro atoms. The van der Waals surface area contributed by atoms with Gasteiger partial charge in [-0.15, -0.1) is 10.2 Å². The minimum atomic E-state index is -0.327. The molecule has 0 aliphatic rings. The maximum absolute atomic E-state index is 12.9. The number of thioether (sulfide) groups is 1. The minimum Gasteiger partial charge on any atom is -0.360 e. The van der Waals surface area contributed by atoms with Gasteiger partial charge in [0.15, 0.2) is 10.1 Å². The Labute approximate surface area is 166 Å². The van der Waals surface area contributed by atoms with Crippen LogP contribution in [0.15, 0.2) is 58.9 Å². The largest absolute Gasteiger partial charge is 0.360 e. The van der Waals surface area contributed by atoms with Crippen molar-refractivity contribution in [2.24, 2.45) is 0 Å². The van der Waals surface area contributed by atoms with Crippen molar-refractivity contribution in [3.63, 3.8) is 0 Å². The smallest absolute Gasteiger partial charge is 0.206 e. The summed E-state index contributed by atoms with van der Waals surface area (Å²) in [6, 6.07) is 16.0. The lowest BCUT2D eigenvalue weighted by Gasteiger charge is -2.02. The Balaban J connectivity index is 1.34. The van der Waals surface area contributed by atoms with Gasteiger partial charge >= 0.3 is 0 Å². The first-order valence-corrected chi connectivity index (χ1v) is 10.5. The van der Waals surface area contributed by atoms with E-state index in [9.17, 15) is 9.18 Å². The van der Waals surface area contributed by atoms with Crippen LogP contribution in [0.25, 0.3) is 0 Å². The molecule has 0 amide bonds. The van der Waals surface area contributed by atoms with Crippen LogP contribution in [0.3, 0.4) is 0 Å². The van der Waals surface area contributed by atoms with Crippen LogP contribution in [0.1, 0.15) is 28.8 Å². The third-order valence-electron chi connectivity index (χ3n) is 3.88. The van der Waals surface area contributed by atoms with Crippen molar-refractivity contribution in [2.45, 2.75) is 23.6 Å². The second-order valence-corrected chi connectivity index (χ2v) is 8.24. The molecule has 0 saturated heterocycles. The van der Waals surface area contributed by atoms with E-state index in [0.717, 1.165) is 34.6 Å². The Morgan fingerprint density at radius 3 is 2.63 bits per heavy atom. The molecule has 0 aliphatic heterocycles. The molecule has 0 aliphatic carbocycles. The molecule has 1 heterocycles. The van der Waals surface area contributed by atoms with Crippen LogP contribution in [0.4, 0.5) is 9.52 Å². The number of benzene rings is 2. The number of carbonyl (C=O) groups is 1. The molecule has 0 saturated carbocycles. The zero-order valence-electron chi connectivity index (χ0n) is 14.7. The molecule has 0 unspecified atom stereocenters. The molecular formula is C20H20FN3OS2. The molecule has 27 heavy (non-hydrogen) atoms. The molecule has 1 N–H and O–H groups in total. The summed E-state index contributed by atoms with van der Waals surface area (Å²) in [5.74, 6) is 0.508. The van der Waals surface area contributed by atoms with Gasteiger partial charge in [-0.3, -0.25) is 4.79 Å². The topological polar surface area (TPSA) is 54.9 Å². The van der Waals surface area contributed by atoms with E-state index in [0.29, 0.717) is 12.0 Å². The van der Waals surface area contributed by atoms with Crippen molar-refractivity contribution in [1.82, 2.24) is 10.2 Å². The molecular weight excluding hydrogens is 381 g/mol. The van der Waals surface area contributed by atoms with E-state index in [1.165, 1.54) is 41.2 Å². The van der Waals surface area contributed by atoms with Crippen LogP contribution < -0.4 is 5.32 Å². The summed E-state index contributed by atoms with van der Waals surface area (Å²) >= 11 is 3.13. The molecule has 140 valence electrons. The summed E-state index contributed by atoms with van der Waals surface area (Å²) in [5.41, 5.74) is 1.84. The number of carbonyl (C=O) groups excluding carboxylic acids is 1. The average molecular weight is 402 g/mol. The van der Waals surface area contributed by atoms with E-state index < -0.39 is 0 Å². The summed E-state index contributed by atoms with van der Waals surface area (Å²) < 4.78 is 13.8. The monoisotopic (exact) mass is 401 g/mol. The summed E-state index contributed by atoms with van der Waals surface area (Å²) in [6.07, 6.45) is 2.13. The van der Waals surface area contributed by atoms with Crippen molar-refractivity contribution in [1.29, 1.82) is 0 Å². The van der Waals surface area contributed by atoms with E-state index in [-0.39, 0.29) is 11.6 Å². The van der Waals surface area contributed by atoms with E-state index in [1.807, 2.05) is 18.2 Å². The fourth-order valence-electron chi connectivity index (χ4n) is 2.47. The number of hydrogen-bond donors (Lipinski definition) is 1. The van der Waals surface area contributed by atoms with E-state index in [1.54, 1.807) is 11.8 Å². The zero-order valence-corrected chi connectivity index (χ0v) is 16.4. The van der Waals surface area contributed by atoms with Crippen LogP contribution in [-0.4, -0.2) is 28.3 Å². The Hall–Kier alpha value is -2.25. The lowest BCUT2D eigenvalue weighted by molar-refractivity contribution is 0.0982. The predicted molar refractivity (Wildman–Crippen MR) is 109 cm³/mol. The lowest BCUT2D eigenvalue weighted by Crippen LogP contribution is -2.04. The summed E-state index contributed by atoms with van der Waals surface area (Å²) in [7, 11) is 0. The van der Waals surface area contributed by atoms with Gasteiger partial charge in [-0.05, 0) is 42.7 Å². The van der Waals surface area contributed by atoms with Gasteiger partial charge in [-0.2, -0.15) is 0 Å². The fourth-order valence-corrected chi connectivity index (χ4v) is 4.26. The summed E-state index contributed by atoms with van der Waals surface area (Å²) in [6.45, 7) is 0.815. The number of nitrogens with one attached hydrogen (secondary N) is 1. The van der Waals surface area contributed by atoms with Crippen molar-refractivity contribution in [2.75, 3.05) is 17.6 Å². The number of halogens is 1. The number of hydrogen-bond acceptors (Lipinski definition) is 6. The van der Waals surface area contributed by atoms with Gasteiger partial charge in [-0.1, -0.05) is 53.4 Å². The third kappa shape index (κ3) is 6.45. The van der Waals surface area contributed by atoms with Crippen LogP contribution in [0.5, 0.6) is 0 Å². The molecule has 1 aromatic heterocycles. The van der Waals surface area contributed by atoms with Crippen molar-refractivity contribution >= 4 is 34.0 Å². The highest BCUT2D eigenvalue weighted by Gasteiger charge is 2.08. The molecule has 0 atom stereocenters. The molecule has 3 rings (SSSR count). The van der Waals surface area contributed by atoms with Crippen LogP contribution >= 0.6 is 23.1 Å². The highest BCUT2D eigenvalue weighted by molar-refractivity contribution is 8.01. The van der Waals surface area contributed by atoms with Crippen LogP contribution in [-0.2, 0) is 6.42 Å². The van der Waals surface area contributed by atoms with Gasteiger partial charge in [0, 0.05) is 24.3 Å². The summed E-state index contributed by atoms with van der Waals surface area (Å²) in [5, 5.41) is 12.4. The van der Waals surface area contributed by atoms with Gasteiger partial charge in [-0.25, -0.2) is 4.39 Å². The number of ketones is 1. The highest BCUT2D eigenvalue weighted by Crippen LogP contribution is 2.26. The van der Waals surface area contributed by atoms with E-state index in [2.05, 4.69) is 27.6 Å². The van der Waals surface area contributed by atoms with E-state index in [4.69, 9.17) is 0 Å². The van der Waals surface area contributed by atoms with Crippen LogP contribution in [0, 0.1) is 5.82 Å². The number of anilines is 1. The Morgan fingerprint density at radius 1 is 1.07 bits per heavy atom. The fraction of sp³-hybridized carbons (Fsp3) is 0.250. The van der Waals surface area contributed by atoms with E-state index >= 15 is 0 Å². The SMILES string of the molecule is O=C(CCCSc1nnc(NCCc2ccccc2)s1)c1ccc(F)cc1. The van der Waals surface area contributed by atoms with Gasteiger partial charge < -0.3 is 5.32 Å². The molecule has 4 nitrogen and oxygen atoms in total. The van der Waals surface area contributed by atoms with Crippen molar-refractivity contribution in [3.8, 4) is 0 Å². The maximum atomic E-state index is 12.9. The first-order valence-electron chi connectivity index (χ1n) is 8.73. The first kappa shape index (κ1) is 19.5. The van der Waals surface area contributed by atoms with Crippen molar-refractivity contribution in [3.05, 3.63) is 71.5 Å². The predicted octanol–water partition coefficient (Wildman–Crippen LogP) is 5.09. The Kier molecular flexibility index (Phi) is 7.36.